The van der Waals surface area contributed by atoms with Crippen molar-refractivity contribution in [3.8, 4) is 11.3 Å². The standard InChI is InChI=1S/C29H27FN4O2S/c1-17-31-25-11-8-18(14-26(25)37-17)27-22-13-19(9-10-24(22)33-34-27)28(36)32-29(12-4-6-21(35)16-29)15-20-5-2-3-7-23(20)30/h2-3,5,7-11,13-14,21,35H,4,6,12,15-16H2,1H3,(H,32,36)(H,33,34)/t21-,29+/m0/s1. The number of aromatic nitrogens is 3. The number of hydrogen-bond acceptors (Lipinski definition) is 5. The molecule has 188 valence electrons. The van der Waals surface area contributed by atoms with E-state index in [0.717, 1.165) is 43.8 Å². The quantitative estimate of drug-likeness (QED) is 0.271. The zero-order chi connectivity index (χ0) is 25.6. The van der Waals surface area contributed by atoms with Gasteiger partial charge < -0.3 is 10.4 Å². The summed E-state index contributed by atoms with van der Waals surface area (Å²) in [6.45, 7) is 1.99. The lowest BCUT2D eigenvalue weighted by Crippen LogP contribution is -2.54. The van der Waals surface area contributed by atoms with Gasteiger partial charge in [0.15, 0.2) is 0 Å². The molecule has 3 aromatic carbocycles. The third-order valence-corrected chi connectivity index (χ3v) is 8.21. The molecule has 37 heavy (non-hydrogen) atoms. The van der Waals surface area contributed by atoms with Crippen LogP contribution in [0.25, 0.3) is 32.4 Å². The molecule has 1 amide bonds. The summed E-state index contributed by atoms with van der Waals surface area (Å²) in [6, 6.07) is 18.2. The molecule has 1 aliphatic rings. The van der Waals surface area contributed by atoms with Crippen molar-refractivity contribution in [3.63, 3.8) is 0 Å². The first-order valence-electron chi connectivity index (χ1n) is 12.5. The first-order chi connectivity index (χ1) is 17.9. The normalized spacial score (nSPS) is 19.9. The van der Waals surface area contributed by atoms with Crippen molar-refractivity contribution in [2.75, 3.05) is 0 Å². The highest BCUT2D eigenvalue weighted by atomic mass is 32.1. The van der Waals surface area contributed by atoms with Gasteiger partial charge in [0.1, 0.15) is 5.82 Å². The maximum Gasteiger partial charge on any atom is 0.251 e. The minimum absolute atomic E-state index is 0.243. The van der Waals surface area contributed by atoms with E-state index in [1.54, 1.807) is 35.6 Å². The van der Waals surface area contributed by atoms with Crippen LogP contribution in [0.1, 0.15) is 46.6 Å². The zero-order valence-corrected chi connectivity index (χ0v) is 21.2. The van der Waals surface area contributed by atoms with Gasteiger partial charge in [0.2, 0.25) is 0 Å². The number of carbonyl (C=O) groups excluding carboxylic acids is 1. The zero-order valence-electron chi connectivity index (χ0n) is 20.4. The van der Waals surface area contributed by atoms with Gasteiger partial charge in [-0.25, -0.2) is 9.37 Å². The molecule has 8 heteroatoms. The lowest BCUT2D eigenvalue weighted by atomic mass is 9.76. The molecular formula is C29H27FN4O2S. The Bertz CT molecular complexity index is 1630. The number of amides is 1. The second-order valence-corrected chi connectivity index (χ2v) is 11.2. The Morgan fingerprint density at radius 1 is 1.22 bits per heavy atom. The number of aromatic amines is 1. The Kier molecular flexibility index (Phi) is 6.01. The van der Waals surface area contributed by atoms with E-state index >= 15 is 0 Å². The van der Waals surface area contributed by atoms with Crippen molar-refractivity contribution in [2.45, 2.75) is 50.7 Å². The van der Waals surface area contributed by atoms with Crippen LogP contribution in [0, 0.1) is 12.7 Å². The molecule has 6 rings (SSSR count). The van der Waals surface area contributed by atoms with Crippen molar-refractivity contribution in [1.29, 1.82) is 0 Å². The van der Waals surface area contributed by atoms with E-state index in [-0.39, 0.29) is 11.7 Å². The summed E-state index contributed by atoms with van der Waals surface area (Å²) >= 11 is 1.64. The van der Waals surface area contributed by atoms with Crippen LogP contribution in [0.4, 0.5) is 4.39 Å². The van der Waals surface area contributed by atoms with Crippen molar-refractivity contribution >= 4 is 38.4 Å². The Hall–Kier alpha value is -3.62. The number of H-pyrrole nitrogens is 1. The van der Waals surface area contributed by atoms with Crippen LogP contribution in [0.15, 0.2) is 60.7 Å². The number of hydrogen-bond donors (Lipinski definition) is 3. The molecule has 6 nitrogen and oxygen atoms in total. The van der Waals surface area contributed by atoms with Crippen molar-refractivity contribution < 1.29 is 14.3 Å². The largest absolute Gasteiger partial charge is 0.393 e. The highest BCUT2D eigenvalue weighted by molar-refractivity contribution is 7.18. The number of aliphatic hydroxyl groups is 1. The fourth-order valence-corrected chi connectivity index (χ4v) is 6.40. The maximum atomic E-state index is 14.5. The lowest BCUT2D eigenvalue weighted by molar-refractivity contribution is 0.0603. The Labute approximate surface area is 217 Å². The van der Waals surface area contributed by atoms with Crippen LogP contribution in [-0.2, 0) is 6.42 Å². The summed E-state index contributed by atoms with van der Waals surface area (Å²) in [5, 5.41) is 23.1. The number of aryl methyl sites for hydroxylation is 1. The predicted octanol–water partition coefficient (Wildman–Crippen LogP) is 5.93. The van der Waals surface area contributed by atoms with Gasteiger partial charge in [-0.1, -0.05) is 24.3 Å². The number of nitrogens with zero attached hydrogens (tertiary/aromatic N) is 2. The minimum atomic E-state index is -0.722. The third-order valence-electron chi connectivity index (χ3n) is 7.28. The molecule has 2 heterocycles. The number of fused-ring (bicyclic) bond motifs is 2. The van der Waals surface area contributed by atoms with Gasteiger partial charge in [-0.2, -0.15) is 5.10 Å². The van der Waals surface area contributed by atoms with Gasteiger partial charge in [0, 0.05) is 22.1 Å². The molecule has 0 saturated heterocycles. The summed E-state index contributed by atoms with van der Waals surface area (Å²) in [5.74, 6) is -0.540. The van der Waals surface area contributed by atoms with E-state index in [9.17, 15) is 14.3 Å². The summed E-state index contributed by atoms with van der Waals surface area (Å²) in [6.07, 6.45) is 2.31. The third kappa shape index (κ3) is 4.63. The number of nitrogens with one attached hydrogen (secondary N) is 2. The van der Waals surface area contributed by atoms with Gasteiger partial charge in [-0.3, -0.25) is 9.89 Å². The Morgan fingerprint density at radius 2 is 2.08 bits per heavy atom. The molecule has 1 fully saturated rings. The highest BCUT2D eigenvalue weighted by Gasteiger charge is 2.38. The molecule has 0 unspecified atom stereocenters. The predicted molar refractivity (Wildman–Crippen MR) is 144 cm³/mol. The molecule has 0 bridgehead atoms. The van der Waals surface area contributed by atoms with E-state index in [2.05, 4.69) is 26.6 Å². The van der Waals surface area contributed by atoms with Crippen LogP contribution < -0.4 is 5.32 Å². The molecular weight excluding hydrogens is 487 g/mol. The fourth-order valence-electron chi connectivity index (χ4n) is 5.53. The smallest absolute Gasteiger partial charge is 0.251 e. The first kappa shape index (κ1) is 23.8. The van der Waals surface area contributed by atoms with Crippen molar-refractivity contribution in [3.05, 3.63) is 82.6 Å². The number of aliphatic hydroxyl groups excluding tert-OH is 1. The Morgan fingerprint density at radius 3 is 2.92 bits per heavy atom. The summed E-state index contributed by atoms with van der Waals surface area (Å²) in [7, 11) is 0. The molecule has 0 radical (unpaired) electrons. The topological polar surface area (TPSA) is 90.9 Å². The summed E-state index contributed by atoms with van der Waals surface area (Å²) in [5.41, 5.74) is 3.83. The minimum Gasteiger partial charge on any atom is -0.393 e. The molecule has 2 atom stereocenters. The SMILES string of the molecule is Cc1nc2ccc(-c3n[nH]c4ccc(C(=O)N[C@@]5(Cc6ccccc6F)CCC[C@H](O)C5)cc34)cc2s1. The average molecular weight is 515 g/mol. The number of halogens is 1. The van der Waals surface area contributed by atoms with Gasteiger partial charge in [-0.15, -0.1) is 11.3 Å². The van der Waals surface area contributed by atoms with Crippen LogP contribution in [0.3, 0.4) is 0 Å². The van der Waals surface area contributed by atoms with E-state index in [0.29, 0.717) is 36.8 Å². The molecule has 0 aliphatic heterocycles. The molecule has 2 aromatic heterocycles. The van der Waals surface area contributed by atoms with E-state index in [1.807, 2.05) is 31.2 Å². The van der Waals surface area contributed by atoms with Crippen molar-refractivity contribution in [2.24, 2.45) is 0 Å². The van der Waals surface area contributed by atoms with Crippen molar-refractivity contribution in [1.82, 2.24) is 20.5 Å². The molecule has 3 N–H and O–H groups in total. The van der Waals surface area contributed by atoms with Crippen LogP contribution in [0.2, 0.25) is 0 Å². The summed E-state index contributed by atoms with van der Waals surface area (Å²) in [4.78, 5) is 18.1. The summed E-state index contributed by atoms with van der Waals surface area (Å²) < 4.78 is 15.6. The van der Waals surface area contributed by atoms with Gasteiger partial charge in [-0.05, 0) is 81.0 Å². The monoisotopic (exact) mass is 514 g/mol. The lowest BCUT2D eigenvalue weighted by Gasteiger charge is -2.40. The van der Waals surface area contributed by atoms with Crippen LogP contribution >= 0.6 is 11.3 Å². The van der Waals surface area contributed by atoms with Gasteiger partial charge in [0.05, 0.1) is 32.5 Å². The number of benzene rings is 3. The number of thiazole rings is 1. The van der Waals surface area contributed by atoms with E-state index in [1.165, 1.54) is 6.07 Å². The van der Waals surface area contributed by atoms with Gasteiger partial charge in [0.25, 0.3) is 5.91 Å². The Balaban J connectivity index is 1.33. The molecule has 5 aromatic rings. The number of carbonyl (C=O) groups is 1. The first-order valence-corrected chi connectivity index (χ1v) is 13.3. The second kappa shape index (κ2) is 9.36. The maximum absolute atomic E-state index is 14.5. The van der Waals surface area contributed by atoms with Gasteiger partial charge >= 0.3 is 0 Å². The highest BCUT2D eigenvalue weighted by Crippen LogP contribution is 2.34. The van der Waals surface area contributed by atoms with E-state index in [4.69, 9.17) is 0 Å². The fraction of sp³-hybridized carbons (Fsp3) is 0.276. The average Bonchev–Trinajstić information content (AvgIpc) is 3.46. The molecule has 1 saturated carbocycles. The molecule has 0 spiro atoms. The van der Waals surface area contributed by atoms with E-state index < -0.39 is 11.6 Å². The number of rotatable bonds is 5. The second-order valence-electron chi connectivity index (χ2n) is 10.0. The van der Waals surface area contributed by atoms with Crippen LogP contribution in [0.5, 0.6) is 0 Å². The van der Waals surface area contributed by atoms with Crippen LogP contribution in [-0.4, -0.2) is 37.8 Å². The molecule has 1 aliphatic carbocycles.